The summed E-state index contributed by atoms with van der Waals surface area (Å²) in [4.78, 5) is 28.4. The Balaban J connectivity index is 1.25. The second-order valence-corrected chi connectivity index (χ2v) is 11.9. The van der Waals surface area contributed by atoms with Crippen molar-refractivity contribution >= 4 is 39.8 Å². The monoisotopic (exact) mass is 645 g/mol. The first-order valence-corrected chi connectivity index (χ1v) is 15.9. The molecule has 7 aromatic rings. The Hall–Kier alpha value is -6.49. The second kappa shape index (κ2) is 12.6. The molecule has 0 bridgehead atoms. The van der Waals surface area contributed by atoms with Gasteiger partial charge in [-0.3, -0.25) is 14.5 Å². The van der Waals surface area contributed by atoms with E-state index in [1.165, 1.54) is 6.26 Å². The zero-order valence-corrected chi connectivity index (χ0v) is 26.9. The first-order chi connectivity index (χ1) is 24.0. The number of carbonyl (C=O) groups excluding carboxylic acids is 1. The molecule has 1 N–H and O–H groups in total. The van der Waals surface area contributed by atoms with Crippen molar-refractivity contribution in [3.8, 4) is 22.7 Å². The van der Waals surface area contributed by atoms with E-state index in [0.717, 1.165) is 51.0 Å². The summed E-state index contributed by atoms with van der Waals surface area (Å²) in [5.74, 6) is 1.63. The van der Waals surface area contributed by atoms with Crippen LogP contribution in [-0.4, -0.2) is 60.1 Å². The highest BCUT2D eigenvalue weighted by Gasteiger charge is 2.20. The largest absolute Gasteiger partial charge is 0.443 e. The number of nitrogens with one attached hydrogen (secondary N) is 1. The van der Waals surface area contributed by atoms with E-state index in [-0.39, 0.29) is 12.5 Å². The van der Waals surface area contributed by atoms with Gasteiger partial charge in [-0.2, -0.15) is 5.10 Å². The van der Waals surface area contributed by atoms with Gasteiger partial charge < -0.3 is 14.6 Å². The van der Waals surface area contributed by atoms with Gasteiger partial charge in [0.1, 0.15) is 24.0 Å². The fourth-order valence-electron chi connectivity index (χ4n) is 6.02. The maximum absolute atomic E-state index is 12.4. The lowest BCUT2D eigenvalue weighted by Crippen LogP contribution is -2.29. The number of hydrogen-bond donors (Lipinski definition) is 1. The predicted molar refractivity (Wildman–Crippen MR) is 188 cm³/mol. The molecule has 5 heterocycles. The molecule has 49 heavy (non-hydrogen) atoms. The molecule has 11 heteroatoms. The van der Waals surface area contributed by atoms with Crippen molar-refractivity contribution < 1.29 is 9.21 Å². The molecule has 0 radical (unpaired) electrons. The molecule has 0 fully saturated rings. The fraction of sp³-hybridized carbons (Fsp3) is 0.132. The lowest BCUT2D eigenvalue weighted by atomic mass is 9.98. The number of aliphatic imine (C=N–C) groups is 1. The minimum Gasteiger partial charge on any atom is -0.443 e. The van der Waals surface area contributed by atoms with Crippen LogP contribution >= 0.6 is 0 Å². The van der Waals surface area contributed by atoms with E-state index in [0.29, 0.717) is 41.0 Å². The van der Waals surface area contributed by atoms with Crippen molar-refractivity contribution in [3.05, 3.63) is 132 Å². The molecule has 1 aliphatic rings. The molecule has 0 aliphatic carbocycles. The van der Waals surface area contributed by atoms with Gasteiger partial charge in [-0.15, -0.1) is 10.2 Å². The van der Waals surface area contributed by atoms with Crippen LogP contribution < -0.4 is 5.32 Å². The molecule has 8 rings (SSSR count). The summed E-state index contributed by atoms with van der Waals surface area (Å²) < 4.78 is 7.24. The highest BCUT2D eigenvalue weighted by atomic mass is 16.3. The third-order valence-electron chi connectivity index (χ3n) is 8.60. The number of amides is 1. The number of pyridine rings is 1. The first-order valence-electron chi connectivity index (χ1n) is 15.9. The lowest BCUT2D eigenvalue weighted by Gasteiger charge is -2.13. The number of anilines is 2. The topological polar surface area (TPSA) is 127 Å². The van der Waals surface area contributed by atoms with Gasteiger partial charge in [0.05, 0.1) is 17.6 Å². The summed E-state index contributed by atoms with van der Waals surface area (Å²) in [5.41, 5.74) is 8.60. The average Bonchev–Trinajstić information content (AvgIpc) is 3.78. The van der Waals surface area contributed by atoms with Crippen LogP contribution in [0.3, 0.4) is 0 Å². The van der Waals surface area contributed by atoms with Crippen LogP contribution in [0.4, 0.5) is 17.3 Å². The number of aromatic nitrogens is 6. The van der Waals surface area contributed by atoms with Gasteiger partial charge in [0.2, 0.25) is 11.8 Å². The highest BCUT2D eigenvalue weighted by Crippen LogP contribution is 2.35. The number of fused-ring (bicyclic) bond motifs is 2. The SMILES string of the molecule is Cc1cc(-c2ncco2)ncc1-c1cc(N=C(c2ccccc2)c2ccccc2)c2nnc(Nc3cc4n(n3)CC(=O)N(C)CC4)cc2c1. The summed E-state index contributed by atoms with van der Waals surface area (Å²) in [6, 6.07) is 30.2. The van der Waals surface area contributed by atoms with Crippen molar-refractivity contribution in [2.45, 2.75) is 19.9 Å². The summed E-state index contributed by atoms with van der Waals surface area (Å²) in [5, 5.41) is 18.0. The smallest absolute Gasteiger partial charge is 0.244 e. The Morgan fingerprint density at radius 2 is 1.67 bits per heavy atom. The zero-order valence-electron chi connectivity index (χ0n) is 26.9. The van der Waals surface area contributed by atoms with E-state index in [2.05, 4.69) is 55.8 Å². The standard InChI is InChI=1S/C38H31N9O2/c1-24-17-32(38-39-14-16-49-38)40-22-30(24)27-18-28-20-33(42-34-21-29-13-15-46(2)35(48)23-47(29)45-34)43-44-37(28)31(19-27)41-36(25-9-5-3-6-10-25)26-11-7-4-8-12-26/h3-12,14,16-22H,13,15,23H2,1-2H3,(H,42,43,45). The van der Waals surface area contributed by atoms with E-state index >= 15 is 0 Å². The molecular weight excluding hydrogens is 614 g/mol. The van der Waals surface area contributed by atoms with E-state index in [4.69, 9.17) is 14.5 Å². The third-order valence-corrected chi connectivity index (χ3v) is 8.60. The second-order valence-electron chi connectivity index (χ2n) is 11.9. The summed E-state index contributed by atoms with van der Waals surface area (Å²) in [6.07, 6.45) is 5.70. The molecule has 0 unspecified atom stereocenters. The number of hydrogen-bond acceptors (Lipinski definition) is 9. The van der Waals surface area contributed by atoms with Crippen LogP contribution in [0, 0.1) is 6.92 Å². The Morgan fingerprint density at radius 3 is 2.39 bits per heavy atom. The molecule has 0 saturated heterocycles. The number of likely N-dealkylation sites (N-methyl/N-ethyl adjacent to an activating group) is 1. The minimum atomic E-state index is 0.0307. The summed E-state index contributed by atoms with van der Waals surface area (Å²) in [7, 11) is 1.82. The molecule has 0 saturated carbocycles. The minimum absolute atomic E-state index is 0.0307. The van der Waals surface area contributed by atoms with Crippen LogP contribution in [0.2, 0.25) is 0 Å². The van der Waals surface area contributed by atoms with Crippen LogP contribution in [0.5, 0.6) is 0 Å². The third kappa shape index (κ3) is 6.05. The maximum atomic E-state index is 12.4. The molecule has 1 aliphatic heterocycles. The quantitative estimate of drug-likeness (QED) is 0.188. The Labute approximate surface area is 282 Å². The number of rotatable bonds is 7. The van der Waals surface area contributed by atoms with Crippen molar-refractivity contribution in [2.75, 3.05) is 18.9 Å². The van der Waals surface area contributed by atoms with Gasteiger partial charge in [-0.25, -0.2) is 9.98 Å². The van der Waals surface area contributed by atoms with Gasteiger partial charge in [-0.1, -0.05) is 60.7 Å². The maximum Gasteiger partial charge on any atom is 0.244 e. The molecule has 3 aromatic carbocycles. The van der Waals surface area contributed by atoms with Crippen LogP contribution in [0.15, 0.2) is 119 Å². The first kappa shape index (κ1) is 29.9. The molecule has 240 valence electrons. The van der Waals surface area contributed by atoms with E-state index in [1.807, 2.05) is 80.8 Å². The van der Waals surface area contributed by atoms with Crippen molar-refractivity contribution in [1.82, 2.24) is 34.8 Å². The Bertz CT molecular complexity index is 2290. The zero-order chi connectivity index (χ0) is 33.3. The molecular formula is C38H31N9O2. The highest BCUT2D eigenvalue weighted by molar-refractivity contribution is 6.15. The normalized spacial score (nSPS) is 12.9. The van der Waals surface area contributed by atoms with Gasteiger partial charge in [0.15, 0.2) is 11.6 Å². The number of carbonyl (C=O) groups is 1. The average molecular weight is 646 g/mol. The van der Waals surface area contributed by atoms with E-state index in [9.17, 15) is 4.79 Å². The predicted octanol–water partition coefficient (Wildman–Crippen LogP) is 6.78. The molecule has 0 spiro atoms. The van der Waals surface area contributed by atoms with Crippen molar-refractivity contribution in [1.29, 1.82) is 0 Å². The van der Waals surface area contributed by atoms with Crippen LogP contribution in [0.1, 0.15) is 22.4 Å². The lowest BCUT2D eigenvalue weighted by molar-refractivity contribution is -0.130. The number of benzene rings is 3. The molecule has 11 nitrogen and oxygen atoms in total. The van der Waals surface area contributed by atoms with E-state index < -0.39 is 0 Å². The molecule has 1 amide bonds. The van der Waals surface area contributed by atoms with Crippen molar-refractivity contribution in [2.24, 2.45) is 4.99 Å². The summed E-state index contributed by atoms with van der Waals surface area (Å²) in [6.45, 7) is 2.89. The van der Waals surface area contributed by atoms with Crippen LogP contribution in [-0.2, 0) is 17.8 Å². The molecule has 0 atom stereocenters. The van der Waals surface area contributed by atoms with Gasteiger partial charge in [0.25, 0.3) is 0 Å². The Kier molecular flexibility index (Phi) is 7.69. The number of aryl methyl sites for hydroxylation is 1. The number of nitrogens with zero attached hydrogens (tertiary/aromatic N) is 8. The van der Waals surface area contributed by atoms with Crippen LogP contribution in [0.25, 0.3) is 33.6 Å². The van der Waals surface area contributed by atoms with Gasteiger partial charge >= 0.3 is 0 Å². The van der Waals surface area contributed by atoms with Gasteiger partial charge in [0, 0.05) is 60.0 Å². The Morgan fingerprint density at radius 1 is 0.898 bits per heavy atom. The fourth-order valence-corrected chi connectivity index (χ4v) is 6.02. The van der Waals surface area contributed by atoms with E-state index in [1.54, 1.807) is 15.8 Å². The summed E-state index contributed by atoms with van der Waals surface area (Å²) >= 11 is 0. The van der Waals surface area contributed by atoms with Gasteiger partial charge in [-0.05, 0) is 42.3 Å². The number of oxazole rings is 1. The van der Waals surface area contributed by atoms with Crippen molar-refractivity contribution in [3.63, 3.8) is 0 Å². The molecule has 4 aromatic heterocycles.